The molecule has 1 aliphatic heterocycles. The summed E-state index contributed by atoms with van der Waals surface area (Å²) in [4.78, 5) is 35.6. The summed E-state index contributed by atoms with van der Waals surface area (Å²) < 4.78 is 0. The Bertz CT molecular complexity index is 972. The highest BCUT2D eigenvalue weighted by Crippen LogP contribution is 2.30. The van der Waals surface area contributed by atoms with Gasteiger partial charge >= 0.3 is 0 Å². The minimum atomic E-state index is -0.129. The molecule has 3 aromatic rings. The molecule has 0 spiro atoms. The highest BCUT2D eigenvalue weighted by molar-refractivity contribution is 8.00. The third-order valence-corrected chi connectivity index (χ3v) is 5.93. The second kappa shape index (κ2) is 7.43. The Morgan fingerprint density at radius 2 is 2.15 bits per heavy atom. The number of nitrogens with zero attached hydrogens (tertiary/aromatic N) is 3. The van der Waals surface area contributed by atoms with Crippen LogP contribution in [0.3, 0.4) is 0 Å². The topological polar surface area (TPSA) is 75.2 Å². The second-order valence-corrected chi connectivity index (χ2v) is 7.68. The highest BCUT2D eigenvalue weighted by Gasteiger charge is 2.24. The fourth-order valence-corrected chi connectivity index (χ4v) is 4.50. The first-order chi connectivity index (χ1) is 12.7. The van der Waals surface area contributed by atoms with Crippen molar-refractivity contribution < 1.29 is 9.59 Å². The zero-order valence-electron chi connectivity index (χ0n) is 13.8. The van der Waals surface area contributed by atoms with Crippen LogP contribution < -0.4 is 10.2 Å². The molecule has 1 saturated heterocycles. The first-order valence-electron chi connectivity index (χ1n) is 8.22. The number of aromatic nitrogens is 2. The number of amides is 2. The van der Waals surface area contributed by atoms with E-state index in [0.29, 0.717) is 18.7 Å². The Hall–Kier alpha value is -2.45. The van der Waals surface area contributed by atoms with E-state index in [2.05, 4.69) is 15.3 Å². The lowest BCUT2D eigenvalue weighted by Gasteiger charge is -2.19. The predicted octanol–water partition coefficient (Wildman–Crippen LogP) is 3.55. The van der Waals surface area contributed by atoms with Crippen LogP contribution >= 0.6 is 23.1 Å². The maximum absolute atomic E-state index is 12.4. The number of thiophene rings is 1. The van der Waals surface area contributed by atoms with Gasteiger partial charge in [-0.25, -0.2) is 9.97 Å². The Labute approximate surface area is 158 Å². The minimum Gasteiger partial charge on any atom is -0.324 e. The molecule has 1 N–H and O–H groups in total. The molecule has 0 radical (unpaired) electrons. The van der Waals surface area contributed by atoms with E-state index in [4.69, 9.17) is 0 Å². The van der Waals surface area contributed by atoms with Crippen LogP contribution in [-0.4, -0.2) is 34.1 Å². The number of rotatable bonds is 5. The molecule has 8 heteroatoms. The fraction of sp³-hybridized carbons (Fsp3) is 0.222. The van der Waals surface area contributed by atoms with E-state index >= 15 is 0 Å². The van der Waals surface area contributed by atoms with E-state index in [1.807, 2.05) is 35.7 Å². The summed E-state index contributed by atoms with van der Waals surface area (Å²) in [5, 5.41) is 6.66. The summed E-state index contributed by atoms with van der Waals surface area (Å²) in [6.07, 6.45) is 2.93. The van der Waals surface area contributed by atoms with Gasteiger partial charge in [-0.3, -0.25) is 9.59 Å². The van der Waals surface area contributed by atoms with Crippen LogP contribution in [0.25, 0.3) is 10.2 Å². The van der Waals surface area contributed by atoms with Gasteiger partial charge < -0.3 is 10.2 Å². The van der Waals surface area contributed by atoms with Gasteiger partial charge in [0, 0.05) is 18.4 Å². The molecule has 1 aliphatic rings. The lowest BCUT2D eigenvalue weighted by molar-refractivity contribution is -0.117. The molecule has 0 aliphatic carbocycles. The van der Waals surface area contributed by atoms with Crippen LogP contribution in [0, 0.1) is 0 Å². The summed E-state index contributed by atoms with van der Waals surface area (Å²) in [7, 11) is 0. The number of fused-ring (bicyclic) bond motifs is 1. The monoisotopic (exact) mass is 384 g/mol. The maximum atomic E-state index is 12.4. The number of hydrogen-bond acceptors (Lipinski definition) is 6. The molecule has 4 rings (SSSR count). The van der Waals surface area contributed by atoms with E-state index < -0.39 is 0 Å². The predicted molar refractivity (Wildman–Crippen MR) is 105 cm³/mol. The molecule has 3 heterocycles. The van der Waals surface area contributed by atoms with Crippen molar-refractivity contribution in [3.63, 3.8) is 0 Å². The lowest BCUT2D eigenvalue weighted by Crippen LogP contribution is -2.26. The van der Waals surface area contributed by atoms with E-state index in [-0.39, 0.29) is 17.6 Å². The van der Waals surface area contributed by atoms with Crippen molar-refractivity contribution in [1.82, 2.24) is 9.97 Å². The van der Waals surface area contributed by atoms with E-state index in [1.54, 1.807) is 16.2 Å². The lowest BCUT2D eigenvalue weighted by atomic mass is 10.2. The molecule has 2 amide bonds. The van der Waals surface area contributed by atoms with Gasteiger partial charge in [0.15, 0.2) is 0 Å². The first kappa shape index (κ1) is 17.0. The van der Waals surface area contributed by atoms with Crippen LogP contribution in [-0.2, 0) is 9.59 Å². The average Bonchev–Trinajstić information content (AvgIpc) is 3.29. The second-order valence-electron chi connectivity index (χ2n) is 5.82. The standard InChI is InChI=1S/C18H16N4O2S2/c23-15(10-26-18-12-7-9-25-17(12)19-11-20-18)21-13-4-1-2-5-14(13)22-8-3-6-16(22)24/h1-2,4-5,7,9,11H,3,6,8,10H2,(H,21,23). The molecule has 0 saturated carbocycles. The third-order valence-electron chi connectivity index (χ3n) is 4.11. The number of carbonyl (C=O) groups excluding carboxylic acids is 2. The number of carbonyl (C=O) groups is 2. The van der Waals surface area contributed by atoms with E-state index in [9.17, 15) is 9.59 Å². The van der Waals surface area contributed by atoms with Crippen LogP contribution in [0.2, 0.25) is 0 Å². The molecule has 2 aromatic heterocycles. The third kappa shape index (κ3) is 3.42. The molecule has 1 fully saturated rings. The Kier molecular flexibility index (Phi) is 4.85. The first-order valence-corrected chi connectivity index (χ1v) is 10.1. The number of para-hydroxylation sites is 2. The normalized spacial score (nSPS) is 14.2. The number of anilines is 2. The Morgan fingerprint density at radius 1 is 1.27 bits per heavy atom. The summed E-state index contributed by atoms with van der Waals surface area (Å²) in [6.45, 7) is 0.692. The Morgan fingerprint density at radius 3 is 3.00 bits per heavy atom. The van der Waals surface area contributed by atoms with Crippen molar-refractivity contribution >= 4 is 56.5 Å². The largest absolute Gasteiger partial charge is 0.324 e. The van der Waals surface area contributed by atoms with Crippen molar-refractivity contribution in [2.75, 3.05) is 22.5 Å². The van der Waals surface area contributed by atoms with Gasteiger partial charge in [-0.05, 0) is 30.0 Å². The fourth-order valence-electron chi connectivity index (χ4n) is 2.92. The maximum Gasteiger partial charge on any atom is 0.234 e. The number of hydrogen-bond donors (Lipinski definition) is 1. The minimum absolute atomic E-state index is 0.0990. The van der Waals surface area contributed by atoms with Crippen molar-refractivity contribution in [3.05, 3.63) is 42.0 Å². The summed E-state index contributed by atoms with van der Waals surface area (Å²) in [5.41, 5.74) is 1.42. The van der Waals surface area contributed by atoms with Crippen molar-refractivity contribution in [1.29, 1.82) is 0 Å². The summed E-state index contributed by atoms with van der Waals surface area (Å²) in [6, 6.07) is 9.39. The van der Waals surface area contributed by atoms with Gasteiger partial charge in [0.2, 0.25) is 11.8 Å². The van der Waals surface area contributed by atoms with Gasteiger partial charge in [-0.1, -0.05) is 23.9 Å². The number of thioether (sulfide) groups is 1. The zero-order chi connectivity index (χ0) is 17.9. The summed E-state index contributed by atoms with van der Waals surface area (Å²) >= 11 is 2.94. The van der Waals surface area contributed by atoms with Gasteiger partial charge in [-0.15, -0.1) is 11.3 Å². The molecule has 6 nitrogen and oxygen atoms in total. The van der Waals surface area contributed by atoms with Crippen LogP contribution in [0.4, 0.5) is 11.4 Å². The molecule has 132 valence electrons. The average molecular weight is 384 g/mol. The van der Waals surface area contributed by atoms with Gasteiger partial charge in [0.1, 0.15) is 16.2 Å². The smallest absolute Gasteiger partial charge is 0.234 e. The quantitative estimate of drug-likeness (QED) is 0.538. The van der Waals surface area contributed by atoms with Crippen molar-refractivity contribution in [2.24, 2.45) is 0 Å². The number of benzene rings is 1. The molecule has 0 atom stereocenters. The van der Waals surface area contributed by atoms with E-state index in [0.717, 1.165) is 27.4 Å². The van der Waals surface area contributed by atoms with Crippen LogP contribution in [0.5, 0.6) is 0 Å². The van der Waals surface area contributed by atoms with Crippen molar-refractivity contribution in [2.45, 2.75) is 17.9 Å². The van der Waals surface area contributed by atoms with Crippen LogP contribution in [0.15, 0.2) is 47.1 Å². The number of nitrogens with one attached hydrogen (secondary N) is 1. The molecule has 26 heavy (non-hydrogen) atoms. The van der Waals surface area contributed by atoms with E-state index in [1.165, 1.54) is 18.1 Å². The molecular weight excluding hydrogens is 368 g/mol. The Balaban J connectivity index is 1.46. The van der Waals surface area contributed by atoms with Gasteiger partial charge in [-0.2, -0.15) is 0 Å². The van der Waals surface area contributed by atoms with Gasteiger partial charge in [0.25, 0.3) is 0 Å². The molecule has 0 bridgehead atoms. The van der Waals surface area contributed by atoms with Crippen molar-refractivity contribution in [3.8, 4) is 0 Å². The van der Waals surface area contributed by atoms with Crippen LogP contribution in [0.1, 0.15) is 12.8 Å². The highest BCUT2D eigenvalue weighted by atomic mass is 32.2. The molecular formula is C18H16N4O2S2. The molecule has 1 aromatic carbocycles. The zero-order valence-corrected chi connectivity index (χ0v) is 15.5. The summed E-state index contributed by atoms with van der Waals surface area (Å²) in [5.74, 6) is 0.211. The van der Waals surface area contributed by atoms with Gasteiger partial charge in [0.05, 0.1) is 17.1 Å². The molecule has 0 unspecified atom stereocenters. The SMILES string of the molecule is O=C(CSc1ncnc2sccc12)Nc1ccccc1N1CCCC1=O.